The molecule has 0 N–H and O–H groups in total. The van der Waals surface area contributed by atoms with Crippen molar-refractivity contribution in [2.45, 2.75) is 31.7 Å². The minimum absolute atomic E-state index is 0.0178. The Morgan fingerprint density at radius 2 is 1.79 bits per heavy atom. The van der Waals surface area contributed by atoms with Crippen molar-refractivity contribution in [1.82, 2.24) is 9.80 Å². The van der Waals surface area contributed by atoms with E-state index in [0.29, 0.717) is 12.2 Å². The van der Waals surface area contributed by atoms with Crippen molar-refractivity contribution in [3.63, 3.8) is 0 Å². The quantitative estimate of drug-likeness (QED) is 0.665. The molecule has 3 heteroatoms. The van der Waals surface area contributed by atoms with Crippen molar-refractivity contribution >= 4 is 5.78 Å². The summed E-state index contributed by atoms with van der Waals surface area (Å²) in [7, 11) is 2.15. The molecule has 3 nitrogen and oxygen atoms in total. The van der Waals surface area contributed by atoms with Crippen LogP contribution < -0.4 is 0 Å². The number of Topliss-reactive ketones (excluding diaryl/α,β-unsaturated/α-hetero) is 1. The standard InChI is InChI=1S/C11H20N2O/c1-3-10(14)11(4-5-11)13-8-6-12(2)7-9-13/h3-9H2,1-2H3. The second kappa shape index (κ2) is 3.63. The van der Waals surface area contributed by atoms with Crippen LogP contribution in [-0.4, -0.2) is 54.3 Å². The highest BCUT2D eigenvalue weighted by Gasteiger charge is 2.53. The Kier molecular flexibility index (Phi) is 2.62. The van der Waals surface area contributed by atoms with Gasteiger partial charge in [0, 0.05) is 32.6 Å². The van der Waals surface area contributed by atoms with E-state index in [1.165, 1.54) is 0 Å². The summed E-state index contributed by atoms with van der Waals surface area (Å²) in [6.07, 6.45) is 2.90. The Labute approximate surface area is 86.1 Å². The molecule has 0 amide bonds. The van der Waals surface area contributed by atoms with Crippen molar-refractivity contribution in [3.8, 4) is 0 Å². The van der Waals surface area contributed by atoms with Crippen LogP contribution in [0.15, 0.2) is 0 Å². The zero-order valence-corrected chi connectivity index (χ0v) is 9.25. The van der Waals surface area contributed by atoms with Gasteiger partial charge in [0.25, 0.3) is 0 Å². The average Bonchev–Trinajstić information content (AvgIpc) is 2.99. The molecule has 1 aliphatic heterocycles. The van der Waals surface area contributed by atoms with E-state index in [1.54, 1.807) is 0 Å². The molecule has 0 aromatic rings. The number of nitrogens with zero attached hydrogens (tertiary/aromatic N) is 2. The van der Waals surface area contributed by atoms with E-state index in [4.69, 9.17) is 0 Å². The molecular formula is C11H20N2O. The first-order valence-corrected chi connectivity index (χ1v) is 5.66. The van der Waals surface area contributed by atoms with E-state index in [1.807, 2.05) is 6.92 Å². The lowest BCUT2D eigenvalue weighted by Gasteiger charge is -2.37. The summed E-state index contributed by atoms with van der Waals surface area (Å²) < 4.78 is 0. The van der Waals surface area contributed by atoms with Gasteiger partial charge in [0.2, 0.25) is 0 Å². The molecule has 2 rings (SSSR count). The van der Waals surface area contributed by atoms with Gasteiger partial charge in [-0.2, -0.15) is 0 Å². The maximum Gasteiger partial charge on any atom is 0.152 e. The zero-order chi connectivity index (χ0) is 10.2. The SMILES string of the molecule is CCC(=O)C1(N2CCN(C)CC2)CC1. The fraction of sp³-hybridized carbons (Fsp3) is 0.909. The second-order valence-corrected chi connectivity index (χ2v) is 4.60. The van der Waals surface area contributed by atoms with Crippen LogP contribution in [0.25, 0.3) is 0 Å². The van der Waals surface area contributed by atoms with Crippen LogP contribution in [-0.2, 0) is 4.79 Å². The molecule has 0 aromatic carbocycles. The van der Waals surface area contributed by atoms with Crippen LogP contribution in [0.3, 0.4) is 0 Å². The third kappa shape index (κ3) is 1.59. The molecule has 80 valence electrons. The van der Waals surface area contributed by atoms with Crippen LogP contribution in [0.4, 0.5) is 0 Å². The highest BCUT2D eigenvalue weighted by molar-refractivity contribution is 5.91. The predicted molar refractivity (Wildman–Crippen MR) is 56.3 cm³/mol. The third-order valence-electron chi connectivity index (χ3n) is 3.67. The molecule has 0 bridgehead atoms. The largest absolute Gasteiger partial charge is 0.304 e. The molecule has 2 aliphatic rings. The topological polar surface area (TPSA) is 23.6 Å². The van der Waals surface area contributed by atoms with Gasteiger partial charge >= 0.3 is 0 Å². The van der Waals surface area contributed by atoms with Crippen LogP contribution in [0.2, 0.25) is 0 Å². The predicted octanol–water partition coefficient (Wildman–Crippen LogP) is 0.745. The van der Waals surface area contributed by atoms with E-state index in [-0.39, 0.29) is 5.54 Å². The Balaban J connectivity index is 1.98. The Morgan fingerprint density at radius 1 is 1.21 bits per heavy atom. The lowest BCUT2D eigenvalue weighted by Crippen LogP contribution is -2.53. The molecule has 2 fully saturated rings. The molecular weight excluding hydrogens is 176 g/mol. The lowest BCUT2D eigenvalue weighted by molar-refractivity contribution is -0.126. The summed E-state index contributed by atoms with van der Waals surface area (Å²) in [5.41, 5.74) is -0.0178. The van der Waals surface area contributed by atoms with Crippen LogP contribution >= 0.6 is 0 Å². The molecule has 1 saturated heterocycles. The number of piperazine rings is 1. The highest BCUT2D eigenvalue weighted by Crippen LogP contribution is 2.43. The minimum Gasteiger partial charge on any atom is -0.304 e. The summed E-state index contributed by atoms with van der Waals surface area (Å²) in [6, 6.07) is 0. The summed E-state index contributed by atoms with van der Waals surface area (Å²) in [5, 5.41) is 0. The third-order valence-corrected chi connectivity index (χ3v) is 3.67. The van der Waals surface area contributed by atoms with Crippen LogP contribution in [0.5, 0.6) is 0 Å². The summed E-state index contributed by atoms with van der Waals surface area (Å²) in [6.45, 7) is 6.35. The zero-order valence-electron chi connectivity index (χ0n) is 9.25. The van der Waals surface area contributed by atoms with Crippen LogP contribution in [0, 0.1) is 0 Å². The first-order valence-electron chi connectivity index (χ1n) is 5.66. The van der Waals surface area contributed by atoms with Gasteiger partial charge in [0.1, 0.15) is 0 Å². The fourth-order valence-corrected chi connectivity index (χ4v) is 2.45. The Hall–Kier alpha value is -0.410. The summed E-state index contributed by atoms with van der Waals surface area (Å²) in [4.78, 5) is 16.6. The second-order valence-electron chi connectivity index (χ2n) is 4.60. The van der Waals surface area contributed by atoms with Gasteiger partial charge in [-0.25, -0.2) is 0 Å². The summed E-state index contributed by atoms with van der Waals surface area (Å²) in [5.74, 6) is 0.460. The Bertz CT molecular complexity index is 227. The number of hydrogen-bond acceptors (Lipinski definition) is 3. The van der Waals surface area contributed by atoms with E-state index in [9.17, 15) is 4.79 Å². The van der Waals surface area contributed by atoms with Gasteiger partial charge in [-0.1, -0.05) is 6.92 Å². The van der Waals surface area contributed by atoms with Crippen molar-refractivity contribution in [3.05, 3.63) is 0 Å². The monoisotopic (exact) mass is 196 g/mol. The number of likely N-dealkylation sites (N-methyl/N-ethyl adjacent to an activating group) is 1. The molecule has 1 aliphatic carbocycles. The molecule has 0 aromatic heterocycles. The van der Waals surface area contributed by atoms with Crippen LogP contribution in [0.1, 0.15) is 26.2 Å². The van der Waals surface area contributed by atoms with E-state index in [2.05, 4.69) is 16.8 Å². The Morgan fingerprint density at radius 3 is 2.21 bits per heavy atom. The van der Waals surface area contributed by atoms with Gasteiger partial charge in [-0.15, -0.1) is 0 Å². The van der Waals surface area contributed by atoms with Gasteiger partial charge in [-0.3, -0.25) is 9.69 Å². The molecule has 0 spiro atoms. The van der Waals surface area contributed by atoms with E-state index in [0.717, 1.165) is 39.0 Å². The van der Waals surface area contributed by atoms with E-state index >= 15 is 0 Å². The normalized spacial score (nSPS) is 27.6. The van der Waals surface area contributed by atoms with Gasteiger partial charge in [0.05, 0.1) is 5.54 Å². The smallest absolute Gasteiger partial charge is 0.152 e. The van der Waals surface area contributed by atoms with Gasteiger partial charge in [0.15, 0.2) is 5.78 Å². The molecule has 14 heavy (non-hydrogen) atoms. The van der Waals surface area contributed by atoms with Crippen molar-refractivity contribution in [2.75, 3.05) is 33.2 Å². The average molecular weight is 196 g/mol. The lowest BCUT2D eigenvalue weighted by atomic mass is 10.1. The van der Waals surface area contributed by atoms with Crippen molar-refractivity contribution < 1.29 is 4.79 Å². The van der Waals surface area contributed by atoms with Crippen molar-refractivity contribution in [2.24, 2.45) is 0 Å². The molecule has 0 atom stereocenters. The van der Waals surface area contributed by atoms with Gasteiger partial charge in [-0.05, 0) is 19.9 Å². The number of carbonyl (C=O) groups excluding carboxylic acids is 1. The maximum atomic E-state index is 11.8. The number of carbonyl (C=O) groups is 1. The summed E-state index contributed by atoms with van der Waals surface area (Å²) >= 11 is 0. The van der Waals surface area contributed by atoms with Crippen molar-refractivity contribution in [1.29, 1.82) is 0 Å². The highest BCUT2D eigenvalue weighted by atomic mass is 16.1. The number of hydrogen-bond donors (Lipinski definition) is 0. The van der Waals surface area contributed by atoms with E-state index < -0.39 is 0 Å². The molecule has 0 radical (unpaired) electrons. The maximum absolute atomic E-state index is 11.8. The first-order chi connectivity index (χ1) is 6.69. The molecule has 1 heterocycles. The first kappa shape index (κ1) is 10.1. The molecule has 1 saturated carbocycles. The molecule has 0 unspecified atom stereocenters. The minimum atomic E-state index is -0.0178. The number of ketones is 1. The number of rotatable bonds is 3. The van der Waals surface area contributed by atoms with Gasteiger partial charge < -0.3 is 4.90 Å². The fourth-order valence-electron chi connectivity index (χ4n) is 2.45.